The average molecular weight is 247 g/mol. The maximum Gasteiger partial charge on any atom is 0.321 e. The number of likely N-dealkylation sites (tertiary alicyclic amines) is 1. The van der Waals surface area contributed by atoms with Gasteiger partial charge in [-0.25, -0.2) is 0 Å². The molecule has 0 spiro atoms. The van der Waals surface area contributed by atoms with E-state index in [2.05, 4.69) is 24.0 Å². The van der Waals surface area contributed by atoms with Crippen LogP contribution in [0.25, 0.3) is 0 Å². The van der Waals surface area contributed by atoms with Crippen molar-refractivity contribution in [3.05, 3.63) is 35.4 Å². The topological polar surface area (TPSA) is 40.5 Å². The van der Waals surface area contributed by atoms with Crippen molar-refractivity contribution in [1.29, 1.82) is 0 Å². The summed E-state index contributed by atoms with van der Waals surface area (Å²) in [7, 11) is 0. The summed E-state index contributed by atoms with van der Waals surface area (Å²) in [5.74, 6) is -0.692. The molecule has 0 radical (unpaired) electrons. The molecule has 1 saturated heterocycles. The third-order valence-corrected chi connectivity index (χ3v) is 3.78. The monoisotopic (exact) mass is 247 g/mol. The minimum absolute atomic E-state index is 0.361. The van der Waals surface area contributed by atoms with E-state index in [-0.39, 0.29) is 6.04 Å². The molecule has 18 heavy (non-hydrogen) atoms. The van der Waals surface area contributed by atoms with Crippen LogP contribution < -0.4 is 0 Å². The standard InChI is InChI=1S/C15H21NO2/c1-2-12-7-3-4-8-13(12)11-14(15(17)18)16-9-5-6-10-16/h3-4,7-8,14H,2,5-6,9-11H2,1H3,(H,17,18). The molecule has 0 bridgehead atoms. The number of aliphatic carboxylic acids is 1. The van der Waals surface area contributed by atoms with Gasteiger partial charge in [0.15, 0.2) is 0 Å². The van der Waals surface area contributed by atoms with Crippen molar-refractivity contribution < 1.29 is 9.90 Å². The predicted molar refractivity (Wildman–Crippen MR) is 71.8 cm³/mol. The van der Waals surface area contributed by atoms with Gasteiger partial charge >= 0.3 is 5.97 Å². The van der Waals surface area contributed by atoms with E-state index in [0.29, 0.717) is 6.42 Å². The summed E-state index contributed by atoms with van der Waals surface area (Å²) in [6.45, 7) is 3.96. The smallest absolute Gasteiger partial charge is 0.321 e. The highest BCUT2D eigenvalue weighted by Gasteiger charge is 2.28. The Kier molecular flexibility index (Phi) is 4.37. The van der Waals surface area contributed by atoms with Crippen molar-refractivity contribution in [2.24, 2.45) is 0 Å². The highest BCUT2D eigenvalue weighted by Crippen LogP contribution is 2.18. The van der Waals surface area contributed by atoms with Gasteiger partial charge in [-0.05, 0) is 49.9 Å². The Bertz CT molecular complexity index is 411. The molecule has 98 valence electrons. The van der Waals surface area contributed by atoms with Gasteiger partial charge < -0.3 is 5.11 Å². The van der Waals surface area contributed by atoms with E-state index in [1.165, 1.54) is 11.1 Å². The third-order valence-electron chi connectivity index (χ3n) is 3.78. The second-order valence-corrected chi connectivity index (χ2v) is 4.92. The molecule has 2 rings (SSSR count). The quantitative estimate of drug-likeness (QED) is 0.868. The van der Waals surface area contributed by atoms with Crippen LogP contribution in [0.15, 0.2) is 24.3 Å². The van der Waals surface area contributed by atoms with Crippen LogP contribution in [0, 0.1) is 0 Å². The minimum Gasteiger partial charge on any atom is -0.480 e. The molecule has 1 aromatic carbocycles. The first-order chi connectivity index (χ1) is 8.72. The number of carbonyl (C=O) groups is 1. The molecule has 3 nitrogen and oxygen atoms in total. The lowest BCUT2D eigenvalue weighted by atomic mass is 9.98. The summed E-state index contributed by atoms with van der Waals surface area (Å²) in [4.78, 5) is 13.6. The first-order valence-electron chi connectivity index (χ1n) is 6.76. The molecular weight excluding hydrogens is 226 g/mol. The Morgan fingerprint density at radius 2 is 1.89 bits per heavy atom. The number of aryl methyl sites for hydroxylation is 1. The van der Waals surface area contributed by atoms with Crippen LogP contribution in [-0.4, -0.2) is 35.1 Å². The zero-order chi connectivity index (χ0) is 13.0. The third kappa shape index (κ3) is 2.91. The Hall–Kier alpha value is -1.35. The molecule has 0 amide bonds. The van der Waals surface area contributed by atoms with Gasteiger partial charge in [-0.1, -0.05) is 31.2 Å². The number of rotatable bonds is 5. The molecular formula is C15H21NO2. The molecule has 1 fully saturated rings. The molecule has 0 aromatic heterocycles. The molecule has 1 aliphatic rings. The molecule has 0 aliphatic carbocycles. The first kappa shape index (κ1) is 13.1. The second kappa shape index (κ2) is 6.01. The van der Waals surface area contributed by atoms with Crippen LogP contribution in [0.2, 0.25) is 0 Å². The van der Waals surface area contributed by atoms with Gasteiger partial charge in [0.2, 0.25) is 0 Å². The fraction of sp³-hybridized carbons (Fsp3) is 0.533. The summed E-state index contributed by atoms with van der Waals surface area (Å²) in [6, 6.07) is 7.81. The van der Waals surface area contributed by atoms with Crippen LogP contribution in [0.5, 0.6) is 0 Å². The zero-order valence-corrected chi connectivity index (χ0v) is 10.9. The van der Waals surface area contributed by atoms with Gasteiger partial charge in [-0.15, -0.1) is 0 Å². The van der Waals surface area contributed by atoms with Crippen molar-refractivity contribution >= 4 is 5.97 Å². The molecule has 1 atom stereocenters. The number of carboxylic acid groups (broad SMARTS) is 1. The molecule has 1 unspecified atom stereocenters. The van der Waals surface area contributed by atoms with E-state index in [4.69, 9.17) is 0 Å². The lowest BCUT2D eigenvalue weighted by molar-refractivity contribution is -0.142. The fourth-order valence-corrected chi connectivity index (χ4v) is 2.74. The molecule has 1 aliphatic heterocycles. The van der Waals surface area contributed by atoms with E-state index in [9.17, 15) is 9.90 Å². The number of hydrogen-bond acceptors (Lipinski definition) is 2. The molecule has 3 heteroatoms. The van der Waals surface area contributed by atoms with Gasteiger partial charge in [0.1, 0.15) is 6.04 Å². The minimum atomic E-state index is -0.692. The number of carboxylic acids is 1. The Morgan fingerprint density at radius 1 is 1.28 bits per heavy atom. The van der Waals surface area contributed by atoms with E-state index < -0.39 is 5.97 Å². The van der Waals surface area contributed by atoms with Crippen molar-refractivity contribution in [3.63, 3.8) is 0 Å². The summed E-state index contributed by atoms with van der Waals surface area (Å²) in [6.07, 6.45) is 3.83. The van der Waals surface area contributed by atoms with Crippen LogP contribution in [0.4, 0.5) is 0 Å². The lowest BCUT2D eigenvalue weighted by Gasteiger charge is -2.24. The van der Waals surface area contributed by atoms with E-state index in [1.807, 2.05) is 12.1 Å². The normalized spacial score (nSPS) is 17.8. The average Bonchev–Trinajstić information content (AvgIpc) is 2.89. The summed E-state index contributed by atoms with van der Waals surface area (Å²) >= 11 is 0. The van der Waals surface area contributed by atoms with E-state index >= 15 is 0 Å². The van der Waals surface area contributed by atoms with Crippen LogP contribution in [0.1, 0.15) is 30.9 Å². The zero-order valence-electron chi connectivity index (χ0n) is 10.9. The number of nitrogens with zero attached hydrogens (tertiary/aromatic N) is 1. The van der Waals surface area contributed by atoms with Gasteiger partial charge in [-0.3, -0.25) is 9.69 Å². The van der Waals surface area contributed by atoms with Gasteiger partial charge in [0.25, 0.3) is 0 Å². The van der Waals surface area contributed by atoms with Gasteiger partial charge in [-0.2, -0.15) is 0 Å². The Balaban J connectivity index is 2.15. The SMILES string of the molecule is CCc1ccccc1CC(C(=O)O)N1CCCC1. The van der Waals surface area contributed by atoms with Crippen LogP contribution >= 0.6 is 0 Å². The van der Waals surface area contributed by atoms with Crippen molar-refractivity contribution in [1.82, 2.24) is 4.90 Å². The van der Waals surface area contributed by atoms with Crippen molar-refractivity contribution in [2.75, 3.05) is 13.1 Å². The molecule has 1 aromatic rings. The molecule has 1 N–H and O–H groups in total. The second-order valence-electron chi connectivity index (χ2n) is 4.92. The van der Waals surface area contributed by atoms with Gasteiger partial charge in [0, 0.05) is 0 Å². The van der Waals surface area contributed by atoms with Gasteiger partial charge in [0.05, 0.1) is 0 Å². The highest BCUT2D eigenvalue weighted by atomic mass is 16.4. The summed E-state index contributed by atoms with van der Waals surface area (Å²) in [5, 5.41) is 9.42. The highest BCUT2D eigenvalue weighted by molar-refractivity contribution is 5.74. The largest absolute Gasteiger partial charge is 0.480 e. The number of hydrogen-bond donors (Lipinski definition) is 1. The summed E-state index contributed by atoms with van der Waals surface area (Å²) in [5.41, 5.74) is 2.45. The lowest BCUT2D eigenvalue weighted by Crippen LogP contribution is -2.41. The van der Waals surface area contributed by atoms with Crippen LogP contribution in [0.3, 0.4) is 0 Å². The maximum atomic E-state index is 11.4. The predicted octanol–water partition coefficient (Wildman–Crippen LogP) is 2.34. The van der Waals surface area contributed by atoms with E-state index in [1.54, 1.807) is 0 Å². The van der Waals surface area contributed by atoms with Crippen LogP contribution in [-0.2, 0) is 17.6 Å². The number of benzene rings is 1. The summed E-state index contributed by atoms with van der Waals surface area (Å²) < 4.78 is 0. The Morgan fingerprint density at radius 3 is 2.44 bits per heavy atom. The fourth-order valence-electron chi connectivity index (χ4n) is 2.74. The van der Waals surface area contributed by atoms with Crippen molar-refractivity contribution in [3.8, 4) is 0 Å². The maximum absolute atomic E-state index is 11.4. The Labute approximate surface area is 108 Å². The molecule has 1 heterocycles. The molecule has 0 saturated carbocycles. The van der Waals surface area contributed by atoms with Crippen molar-refractivity contribution in [2.45, 2.75) is 38.6 Å². The first-order valence-corrected chi connectivity index (χ1v) is 6.76. The van der Waals surface area contributed by atoms with E-state index in [0.717, 1.165) is 32.4 Å².